The van der Waals surface area contributed by atoms with Gasteiger partial charge < -0.3 is 20.7 Å². The zero-order valence-corrected chi connectivity index (χ0v) is 15.3. The number of hydrogen-bond acceptors (Lipinski definition) is 4. The standard InChI is InChI=1S/C18H31N3O3/c1-5-24-16(22)12-10-20-17(23)21-15(12)11-19-14-9-7-6-8-13(14)18(2,3)4/h13-14,19H,5-11H2,1-4H3,(H2,20,21,23). The van der Waals surface area contributed by atoms with Crippen molar-refractivity contribution in [1.29, 1.82) is 0 Å². The Bertz CT molecular complexity index is 508. The maximum atomic E-state index is 12.1. The van der Waals surface area contributed by atoms with Gasteiger partial charge in [0, 0.05) is 18.3 Å². The molecule has 0 aromatic rings. The van der Waals surface area contributed by atoms with Crippen molar-refractivity contribution < 1.29 is 14.3 Å². The Hall–Kier alpha value is -1.56. The molecule has 6 heteroatoms. The molecule has 6 nitrogen and oxygen atoms in total. The Morgan fingerprint density at radius 3 is 2.67 bits per heavy atom. The Labute approximate surface area is 144 Å². The van der Waals surface area contributed by atoms with Gasteiger partial charge in [-0.05, 0) is 31.1 Å². The van der Waals surface area contributed by atoms with Gasteiger partial charge in [0.2, 0.25) is 0 Å². The SMILES string of the molecule is CCOC(=O)C1=C(CNC2CCCCC2C(C)(C)C)NC(=O)NC1. The first-order valence-corrected chi connectivity index (χ1v) is 9.00. The van der Waals surface area contributed by atoms with Crippen LogP contribution in [0.25, 0.3) is 0 Å². The normalized spacial score (nSPS) is 25.1. The van der Waals surface area contributed by atoms with Crippen LogP contribution in [0.1, 0.15) is 53.4 Å². The summed E-state index contributed by atoms with van der Waals surface area (Å²) in [4.78, 5) is 23.7. The van der Waals surface area contributed by atoms with Crippen molar-refractivity contribution in [1.82, 2.24) is 16.0 Å². The van der Waals surface area contributed by atoms with Gasteiger partial charge in [-0.1, -0.05) is 33.6 Å². The Morgan fingerprint density at radius 1 is 1.29 bits per heavy atom. The summed E-state index contributed by atoms with van der Waals surface area (Å²) in [7, 11) is 0. The lowest BCUT2D eigenvalue weighted by molar-refractivity contribution is -0.138. The lowest BCUT2D eigenvalue weighted by atomic mass is 9.69. The van der Waals surface area contributed by atoms with Crippen molar-refractivity contribution in [2.75, 3.05) is 19.7 Å². The van der Waals surface area contributed by atoms with E-state index in [-0.39, 0.29) is 24.0 Å². The Kier molecular flexibility index (Phi) is 6.27. The molecule has 0 aromatic heterocycles. The van der Waals surface area contributed by atoms with Gasteiger partial charge in [-0.3, -0.25) is 0 Å². The van der Waals surface area contributed by atoms with Crippen LogP contribution in [0.2, 0.25) is 0 Å². The van der Waals surface area contributed by atoms with Gasteiger partial charge in [-0.2, -0.15) is 0 Å². The number of hydrogen-bond donors (Lipinski definition) is 3. The molecule has 1 saturated carbocycles. The molecule has 0 radical (unpaired) electrons. The summed E-state index contributed by atoms with van der Waals surface area (Å²) in [6, 6.07) is 0.136. The van der Waals surface area contributed by atoms with Crippen molar-refractivity contribution in [3.05, 3.63) is 11.3 Å². The lowest BCUT2D eigenvalue weighted by Crippen LogP contribution is -2.50. The number of carbonyl (C=O) groups is 2. The minimum Gasteiger partial charge on any atom is -0.463 e. The molecule has 24 heavy (non-hydrogen) atoms. The summed E-state index contributed by atoms with van der Waals surface area (Å²) in [6.45, 7) is 9.66. The van der Waals surface area contributed by atoms with Gasteiger partial charge in [0.25, 0.3) is 0 Å². The highest BCUT2D eigenvalue weighted by Gasteiger charge is 2.34. The topological polar surface area (TPSA) is 79.5 Å². The van der Waals surface area contributed by atoms with E-state index in [1.165, 1.54) is 19.3 Å². The quantitative estimate of drug-likeness (QED) is 0.673. The van der Waals surface area contributed by atoms with Crippen LogP contribution in [0.15, 0.2) is 11.3 Å². The molecule has 2 atom stereocenters. The van der Waals surface area contributed by atoms with Gasteiger partial charge in [-0.15, -0.1) is 0 Å². The first kappa shape index (κ1) is 18.8. The van der Waals surface area contributed by atoms with Crippen LogP contribution in [0, 0.1) is 11.3 Å². The van der Waals surface area contributed by atoms with E-state index in [4.69, 9.17) is 4.74 Å². The highest BCUT2D eigenvalue weighted by atomic mass is 16.5. The third-order valence-corrected chi connectivity index (χ3v) is 5.00. The van der Waals surface area contributed by atoms with Crippen LogP contribution in [-0.4, -0.2) is 37.7 Å². The predicted molar refractivity (Wildman–Crippen MR) is 93.4 cm³/mol. The second-order valence-electron chi connectivity index (χ2n) is 7.73. The minimum atomic E-state index is -0.363. The summed E-state index contributed by atoms with van der Waals surface area (Å²) in [5, 5.41) is 8.99. The van der Waals surface area contributed by atoms with Gasteiger partial charge >= 0.3 is 12.0 Å². The summed E-state index contributed by atoms with van der Waals surface area (Å²) < 4.78 is 5.10. The van der Waals surface area contributed by atoms with E-state index in [1.807, 2.05) is 0 Å². The average Bonchev–Trinajstić information content (AvgIpc) is 2.52. The van der Waals surface area contributed by atoms with E-state index in [2.05, 4.69) is 36.7 Å². The molecule has 0 saturated heterocycles. The van der Waals surface area contributed by atoms with Crippen LogP contribution in [-0.2, 0) is 9.53 Å². The number of rotatable bonds is 5. The molecule has 1 aliphatic heterocycles. The maximum Gasteiger partial charge on any atom is 0.337 e. The highest BCUT2D eigenvalue weighted by Crippen LogP contribution is 2.38. The van der Waals surface area contributed by atoms with Crippen molar-refractivity contribution in [3.63, 3.8) is 0 Å². The minimum absolute atomic E-state index is 0.217. The van der Waals surface area contributed by atoms with Crippen molar-refractivity contribution >= 4 is 12.0 Å². The number of amides is 2. The summed E-state index contributed by atoms with van der Waals surface area (Å²) >= 11 is 0. The number of urea groups is 1. The predicted octanol–water partition coefficient (Wildman–Crippen LogP) is 2.31. The molecule has 0 spiro atoms. The molecule has 1 fully saturated rings. The van der Waals surface area contributed by atoms with Crippen LogP contribution >= 0.6 is 0 Å². The fraction of sp³-hybridized carbons (Fsp3) is 0.778. The molecule has 3 N–H and O–H groups in total. The van der Waals surface area contributed by atoms with Gasteiger partial charge in [0.05, 0.1) is 18.7 Å². The van der Waals surface area contributed by atoms with E-state index in [0.717, 1.165) is 6.42 Å². The molecular weight excluding hydrogens is 306 g/mol. The van der Waals surface area contributed by atoms with Crippen molar-refractivity contribution in [3.8, 4) is 0 Å². The second-order valence-corrected chi connectivity index (χ2v) is 7.73. The number of ether oxygens (including phenoxy) is 1. The zero-order chi connectivity index (χ0) is 17.7. The molecule has 1 heterocycles. The summed E-state index contributed by atoms with van der Waals surface area (Å²) in [6.07, 6.45) is 4.86. The van der Waals surface area contributed by atoms with Crippen molar-refractivity contribution in [2.24, 2.45) is 11.3 Å². The lowest BCUT2D eigenvalue weighted by Gasteiger charge is -2.41. The largest absolute Gasteiger partial charge is 0.463 e. The third kappa shape index (κ3) is 4.72. The van der Waals surface area contributed by atoms with E-state index >= 15 is 0 Å². The van der Waals surface area contributed by atoms with E-state index in [9.17, 15) is 9.59 Å². The van der Waals surface area contributed by atoms with E-state index < -0.39 is 0 Å². The average molecular weight is 337 g/mol. The van der Waals surface area contributed by atoms with Gasteiger partial charge in [-0.25, -0.2) is 9.59 Å². The van der Waals surface area contributed by atoms with Crippen LogP contribution in [0.4, 0.5) is 4.79 Å². The molecule has 2 unspecified atom stereocenters. The zero-order valence-electron chi connectivity index (χ0n) is 15.3. The molecule has 0 aromatic carbocycles. The smallest absolute Gasteiger partial charge is 0.337 e. The van der Waals surface area contributed by atoms with Crippen LogP contribution in [0.5, 0.6) is 0 Å². The molecule has 2 rings (SSSR count). The van der Waals surface area contributed by atoms with Gasteiger partial charge in [0.15, 0.2) is 0 Å². The summed E-state index contributed by atoms with van der Waals surface area (Å²) in [5.41, 5.74) is 1.39. The number of carbonyl (C=O) groups excluding carboxylic acids is 2. The molecule has 136 valence electrons. The Morgan fingerprint density at radius 2 is 2.00 bits per heavy atom. The molecule has 2 aliphatic rings. The molecule has 0 bridgehead atoms. The Balaban J connectivity index is 2.08. The molecule has 1 aliphatic carbocycles. The van der Waals surface area contributed by atoms with Crippen molar-refractivity contribution in [2.45, 2.75) is 59.4 Å². The molecule has 2 amide bonds. The molecular formula is C18H31N3O3. The fourth-order valence-electron chi connectivity index (χ4n) is 3.74. The first-order chi connectivity index (χ1) is 11.3. The van der Waals surface area contributed by atoms with Gasteiger partial charge in [0.1, 0.15) is 0 Å². The fourth-order valence-corrected chi connectivity index (χ4v) is 3.74. The van der Waals surface area contributed by atoms with E-state index in [1.54, 1.807) is 6.92 Å². The third-order valence-electron chi connectivity index (χ3n) is 5.00. The van der Waals surface area contributed by atoms with Crippen LogP contribution < -0.4 is 16.0 Å². The second kappa shape index (κ2) is 8.01. The number of esters is 1. The highest BCUT2D eigenvalue weighted by molar-refractivity contribution is 5.93. The monoisotopic (exact) mass is 337 g/mol. The van der Waals surface area contributed by atoms with Crippen LogP contribution in [0.3, 0.4) is 0 Å². The summed E-state index contributed by atoms with van der Waals surface area (Å²) in [5.74, 6) is 0.230. The van der Waals surface area contributed by atoms with E-state index in [0.29, 0.717) is 36.4 Å². The maximum absolute atomic E-state index is 12.1. The number of nitrogens with one attached hydrogen (secondary N) is 3. The first-order valence-electron chi connectivity index (χ1n) is 9.00.